The highest BCUT2D eigenvalue weighted by atomic mass is 16.5. The van der Waals surface area contributed by atoms with Crippen molar-refractivity contribution in [2.45, 2.75) is 6.92 Å². The van der Waals surface area contributed by atoms with Gasteiger partial charge in [0.2, 0.25) is 17.8 Å². The first-order valence-electron chi connectivity index (χ1n) is 9.49. The van der Waals surface area contributed by atoms with E-state index < -0.39 is 0 Å². The fourth-order valence-corrected chi connectivity index (χ4v) is 3.31. The van der Waals surface area contributed by atoms with Crippen LogP contribution in [0, 0.1) is 0 Å². The van der Waals surface area contributed by atoms with Crippen molar-refractivity contribution in [2.24, 2.45) is 0 Å². The van der Waals surface area contributed by atoms with Gasteiger partial charge in [0.25, 0.3) is 0 Å². The van der Waals surface area contributed by atoms with Gasteiger partial charge in [0, 0.05) is 71.7 Å². The number of piperazine rings is 1. The molecule has 0 aromatic carbocycles. The van der Waals surface area contributed by atoms with Crippen LogP contribution in [0.15, 0.2) is 18.5 Å². The van der Waals surface area contributed by atoms with Crippen LogP contribution in [0.1, 0.15) is 6.92 Å². The Kier molecular flexibility index (Phi) is 6.94. The van der Waals surface area contributed by atoms with Crippen LogP contribution in [-0.2, 0) is 14.3 Å². The molecule has 0 bridgehead atoms. The Morgan fingerprint density at radius 1 is 1.07 bits per heavy atom. The van der Waals surface area contributed by atoms with E-state index in [0.29, 0.717) is 38.7 Å². The first kappa shape index (κ1) is 19.5. The number of nitrogens with zero attached hydrogens (tertiary/aromatic N) is 6. The molecule has 9 nitrogen and oxygen atoms in total. The molecular weight excluding hydrogens is 348 g/mol. The highest BCUT2D eigenvalue weighted by molar-refractivity contribution is 5.84. The molecule has 2 saturated heterocycles. The van der Waals surface area contributed by atoms with E-state index in [2.05, 4.69) is 19.8 Å². The third kappa shape index (κ3) is 5.61. The zero-order valence-corrected chi connectivity index (χ0v) is 15.9. The summed E-state index contributed by atoms with van der Waals surface area (Å²) < 4.78 is 5.34. The summed E-state index contributed by atoms with van der Waals surface area (Å²) >= 11 is 0. The van der Waals surface area contributed by atoms with Crippen LogP contribution < -0.4 is 4.90 Å². The van der Waals surface area contributed by atoms with Gasteiger partial charge in [-0.25, -0.2) is 9.97 Å². The molecule has 0 N–H and O–H groups in total. The fraction of sp³-hybridized carbons (Fsp3) is 0.667. The van der Waals surface area contributed by atoms with Crippen LogP contribution in [0.3, 0.4) is 0 Å². The minimum absolute atomic E-state index is 0.000748. The molecule has 0 saturated carbocycles. The standard InChI is InChI=1S/C18H28N6O3/c1-16(25)24(6-5-21-11-13-27-14-12-21)15-17(26)22-7-9-23(10-8-22)18-19-3-2-4-20-18/h2-4H,5-15H2,1H3. The van der Waals surface area contributed by atoms with E-state index in [4.69, 9.17) is 4.74 Å². The van der Waals surface area contributed by atoms with Crippen LogP contribution in [0.2, 0.25) is 0 Å². The Bertz CT molecular complexity index is 615. The quantitative estimate of drug-likeness (QED) is 0.650. The molecule has 0 unspecified atom stereocenters. The molecule has 3 rings (SSSR count). The average Bonchev–Trinajstić information content (AvgIpc) is 2.72. The molecule has 2 amide bonds. The minimum atomic E-state index is -0.0621. The van der Waals surface area contributed by atoms with E-state index >= 15 is 0 Å². The van der Waals surface area contributed by atoms with E-state index in [1.165, 1.54) is 6.92 Å². The third-order valence-electron chi connectivity index (χ3n) is 5.03. The number of carbonyl (C=O) groups is 2. The van der Waals surface area contributed by atoms with Crippen molar-refractivity contribution in [3.05, 3.63) is 18.5 Å². The van der Waals surface area contributed by atoms with E-state index in [1.54, 1.807) is 23.4 Å². The number of carbonyl (C=O) groups excluding carboxylic acids is 2. The number of ether oxygens (including phenoxy) is 1. The fourth-order valence-electron chi connectivity index (χ4n) is 3.31. The molecule has 27 heavy (non-hydrogen) atoms. The van der Waals surface area contributed by atoms with Crippen molar-refractivity contribution in [2.75, 3.05) is 77.0 Å². The van der Waals surface area contributed by atoms with E-state index in [0.717, 1.165) is 32.8 Å². The predicted octanol–water partition coefficient (Wildman–Crippen LogP) is -0.694. The smallest absolute Gasteiger partial charge is 0.242 e. The van der Waals surface area contributed by atoms with Gasteiger partial charge in [0.15, 0.2) is 0 Å². The second kappa shape index (κ2) is 9.61. The molecule has 2 aliphatic rings. The van der Waals surface area contributed by atoms with Crippen molar-refractivity contribution in [3.8, 4) is 0 Å². The summed E-state index contributed by atoms with van der Waals surface area (Å²) in [6.07, 6.45) is 3.44. The van der Waals surface area contributed by atoms with Gasteiger partial charge in [0.05, 0.1) is 19.8 Å². The Morgan fingerprint density at radius 3 is 2.37 bits per heavy atom. The number of rotatable bonds is 6. The van der Waals surface area contributed by atoms with E-state index in [9.17, 15) is 9.59 Å². The highest BCUT2D eigenvalue weighted by Crippen LogP contribution is 2.10. The summed E-state index contributed by atoms with van der Waals surface area (Å²) in [6.45, 7) is 8.86. The van der Waals surface area contributed by atoms with Gasteiger partial charge in [-0.1, -0.05) is 0 Å². The Morgan fingerprint density at radius 2 is 1.74 bits per heavy atom. The Balaban J connectivity index is 1.45. The Labute approximate surface area is 159 Å². The lowest BCUT2D eigenvalue weighted by Crippen LogP contribution is -2.52. The number of anilines is 1. The molecule has 0 radical (unpaired) electrons. The summed E-state index contributed by atoms with van der Waals surface area (Å²) in [7, 11) is 0. The second-order valence-corrected chi connectivity index (χ2v) is 6.81. The highest BCUT2D eigenvalue weighted by Gasteiger charge is 2.25. The maximum atomic E-state index is 12.7. The third-order valence-corrected chi connectivity index (χ3v) is 5.03. The molecule has 148 valence electrons. The van der Waals surface area contributed by atoms with Crippen LogP contribution in [-0.4, -0.2) is 109 Å². The number of amides is 2. The van der Waals surface area contributed by atoms with Crippen LogP contribution >= 0.6 is 0 Å². The minimum Gasteiger partial charge on any atom is -0.379 e. The van der Waals surface area contributed by atoms with Gasteiger partial charge in [-0.2, -0.15) is 0 Å². The zero-order valence-electron chi connectivity index (χ0n) is 15.9. The molecular formula is C18H28N6O3. The van der Waals surface area contributed by atoms with Gasteiger partial charge >= 0.3 is 0 Å². The van der Waals surface area contributed by atoms with Crippen molar-refractivity contribution < 1.29 is 14.3 Å². The van der Waals surface area contributed by atoms with Crippen LogP contribution in [0.25, 0.3) is 0 Å². The number of hydrogen-bond acceptors (Lipinski definition) is 7. The van der Waals surface area contributed by atoms with Crippen molar-refractivity contribution >= 4 is 17.8 Å². The molecule has 9 heteroatoms. The first-order valence-corrected chi connectivity index (χ1v) is 9.49. The summed E-state index contributed by atoms with van der Waals surface area (Å²) in [5.41, 5.74) is 0. The summed E-state index contributed by atoms with van der Waals surface area (Å²) in [4.78, 5) is 40.9. The van der Waals surface area contributed by atoms with E-state index in [-0.39, 0.29) is 18.4 Å². The lowest BCUT2D eigenvalue weighted by atomic mass is 10.3. The summed E-state index contributed by atoms with van der Waals surface area (Å²) in [5, 5.41) is 0. The van der Waals surface area contributed by atoms with Crippen molar-refractivity contribution in [3.63, 3.8) is 0 Å². The molecule has 0 spiro atoms. The predicted molar refractivity (Wildman–Crippen MR) is 100 cm³/mol. The normalized spacial score (nSPS) is 18.4. The molecule has 1 aromatic heterocycles. The molecule has 2 fully saturated rings. The van der Waals surface area contributed by atoms with Crippen molar-refractivity contribution in [1.29, 1.82) is 0 Å². The van der Waals surface area contributed by atoms with E-state index in [1.807, 2.05) is 4.90 Å². The van der Waals surface area contributed by atoms with Gasteiger partial charge in [-0.3, -0.25) is 14.5 Å². The monoisotopic (exact) mass is 376 g/mol. The zero-order chi connectivity index (χ0) is 19.1. The molecule has 0 aliphatic carbocycles. The topological polar surface area (TPSA) is 82.1 Å². The largest absolute Gasteiger partial charge is 0.379 e. The summed E-state index contributed by atoms with van der Waals surface area (Å²) in [6, 6.07) is 1.79. The molecule has 2 aliphatic heterocycles. The van der Waals surface area contributed by atoms with Crippen LogP contribution in [0.5, 0.6) is 0 Å². The maximum Gasteiger partial charge on any atom is 0.242 e. The second-order valence-electron chi connectivity index (χ2n) is 6.81. The molecule has 0 atom stereocenters. The SMILES string of the molecule is CC(=O)N(CCN1CCOCC1)CC(=O)N1CCN(c2ncccn2)CC1. The Hall–Kier alpha value is -2.26. The van der Waals surface area contributed by atoms with Gasteiger partial charge < -0.3 is 19.4 Å². The van der Waals surface area contributed by atoms with Gasteiger partial charge in [0.1, 0.15) is 0 Å². The number of morpholine rings is 1. The average molecular weight is 376 g/mol. The van der Waals surface area contributed by atoms with Crippen molar-refractivity contribution in [1.82, 2.24) is 24.7 Å². The number of hydrogen-bond donors (Lipinski definition) is 0. The lowest BCUT2D eigenvalue weighted by Gasteiger charge is -2.36. The molecule has 1 aromatic rings. The number of aromatic nitrogens is 2. The first-order chi connectivity index (χ1) is 13.1. The lowest BCUT2D eigenvalue weighted by molar-refractivity contribution is -0.139. The van der Waals surface area contributed by atoms with Gasteiger partial charge in [-0.15, -0.1) is 0 Å². The summed E-state index contributed by atoms with van der Waals surface area (Å²) in [5.74, 6) is 0.634. The maximum absolute atomic E-state index is 12.7. The molecule has 3 heterocycles. The van der Waals surface area contributed by atoms with Crippen LogP contribution in [0.4, 0.5) is 5.95 Å². The van der Waals surface area contributed by atoms with Gasteiger partial charge in [-0.05, 0) is 6.07 Å².